The third-order valence-electron chi connectivity index (χ3n) is 3.68. The molecule has 0 saturated carbocycles. The number of amides is 1. The van der Waals surface area contributed by atoms with Gasteiger partial charge in [0.1, 0.15) is 0 Å². The Labute approximate surface area is 139 Å². The molecule has 0 aliphatic heterocycles. The number of hydrogen-bond acceptors (Lipinski definition) is 4. The molecule has 7 heteroatoms. The first-order chi connectivity index (χ1) is 10.7. The lowest BCUT2D eigenvalue weighted by atomic mass is 10.2. The molecule has 6 nitrogen and oxygen atoms in total. The van der Waals surface area contributed by atoms with Crippen LogP contribution in [0.3, 0.4) is 0 Å². The fourth-order valence-corrected chi connectivity index (χ4v) is 3.15. The quantitative estimate of drug-likeness (QED) is 0.750. The third kappa shape index (κ3) is 5.60. The zero-order valence-corrected chi connectivity index (χ0v) is 15.3. The molecule has 1 rings (SSSR count). The van der Waals surface area contributed by atoms with Gasteiger partial charge in [0.05, 0.1) is 4.90 Å². The van der Waals surface area contributed by atoms with Crippen molar-refractivity contribution < 1.29 is 13.2 Å². The van der Waals surface area contributed by atoms with Gasteiger partial charge in [-0.05, 0) is 59.0 Å². The van der Waals surface area contributed by atoms with Crippen molar-refractivity contribution in [3.8, 4) is 0 Å². The monoisotopic (exact) mass is 341 g/mol. The van der Waals surface area contributed by atoms with Gasteiger partial charge in [-0.3, -0.25) is 9.69 Å². The van der Waals surface area contributed by atoms with Crippen LogP contribution in [0, 0.1) is 0 Å². The van der Waals surface area contributed by atoms with E-state index in [9.17, 15) is 13.2 Å². The van der Waals surface area contributed by atoms with Gasteiger partial charge in [0.25, 0.3) is 5.91 Å². The fourth-order valence-electron chi connectivity index (χ4n) is 2.42. The summed E-state index contributed by atoms with van der Waals surface area (Å²) in [4.78, 5) is 14.5. The second-order valence-corrected chi connectivity index (χ2v) is 7.80. The Kier molecular flexibility index (Phi) is 7.18. The van der Waals surface area contributed by atoms with Gasteiger partial charge in [-0.1, -0.05) is 0 Å². The van der Waals surface area contributed by atoms with E-state index >= 15 is 0 Å². The van der Waals surface area contributed by atoms with E-state index in [0.29, 0.717) is 24.2 Å². The van der Waals surface area contributed by atoms with Crippen molar-refractivity contribution in [1.29, 1.82) is 0 Å². The highest BCUT2D eigenvalue weighted by atomic mass is 32.2. The molecule has 130 valence electrons. The van der Waals surface area contributed by atoms with Crippen LogP contribution in [-0.2, 0) is 10.0 Å². The number of benzene rings is 1. The molecule has 0 fully saturated rings. The van der Waals surface area contributed by atoms with Gasteiger partial charge in [-0.2, -0.15) is 0 Å². The molecule has 0 aliphatic carbocycles. The number of sulfonamides is 1. The summed E-state index contributed by atoms with van der Waals surface area (Å²) < 4.78 is 25.5. The fraction of sp³-hybridized carbons (Fsp3) is 0.562. The molecular weight excluding hydrogens is 314 g/mol. The van der Waals surface area contributed by atoms with Gasteiger partial charge in [-0.15, -0.1) is 0 Å². The minimum Gasteiger partial charge on any atom is -0.351 e. The van der Waals surface area contributed by atoms with Crippen molar-refractivity contribution in [3.05, 3.63) is 29.8 Å². The second kappa shape index (κ2) is 8.42. The predicted molar refractivity (Wildman–Crippen MR) is 92.0 cm³/mol. The Morgan fingerprint density at radius 1 is 1.09 bits per heavy atom. The van der Waals surface area contributed by atoms with Gasteiger partial charge in [0.2, 0.25) is 10.0 Å². The minimum atomic E-state index is -3.48. The molecule has 0 unspecified atom stereocenters. The normalized spacial score (nSPS) is 12.2. The number of nitrogens with one attached hydrogen (secondary N) is 2. The Morgan fingerprint density at radius 3 is 2.04 bits per heavy atom. The molecule has 23 heavy (non-hydrogen) atoms. The maximum absolute atomic E-state index is 12.1. The Hall–Kier alpha value is -1.44. The van der Waals surface area contributed by atoms with E-state index in [0.717, 1.165) is 6.54 Å². The summed E-state index contributed by atoms with van der Waals surface area (Å²) in [7, 11) is -2.12. The van der Waals surface area contributed by atoms with E-state index in [4.69, 9.17) is 0 Å². The van der Waals surface area contributed by atoms with Gasteiger partial charge >= 0.3 is 0 Å². The van der Waals surface area contributed by atoms with E-state index in [2.05, 4.69) is 42.6 Å². The second-order valence-electron chi connectivity index (χ2n) is 5.91. The number of nitrogens with zero attached hydrogens (tertiary/aromatic N) is 1. The molecule has 0 radical (unpaired) electrons. The maximum Gasteiger partial charge on any atom is 0.251 e. The average molecular weight is 341 g/mol. The molecule has 0 aromatic heterocycles. The van der Waals surface area contributed by atoms with E-state index < -0.39 is 10.0 Å². The molecule has 1 aromatic carbocycles. The lowest BCUT2D eigenvalue weighted by Crippen LogP contribution is -2.42. The highest BCUT2D eigenvalue weighted by Gasteiger charge is 2.15. The van der Waals surface area contributed by atoms with Crippen molar-refractivity contribution in [2.45, 2.75) is 44.7 Å². The summed E-state index contributed by atoms with van der Waals surface area (Å²) in [5.74, 6) is -0.203. The van der Waals surface area contributed by atoms with Gasteiger partial charge in [0, 0.05) is 30.7 Å². The van der Waals surface area contributed by atoms with Gasteiger partial charge in [0.15, 0.2) is 0 Å². The first-order valence-corrected chi connectivity index (χ1v) is 9.25. The largest absolute Gasteiger partial charge is 0.351 e. The van der Waals surface area contributed by atoms with Crippen LogP contribution in [0.4, 0.5) is 0 Å². The van der Waals surface area contributed by atoms with Crippen molar-refractivity contribution in [2.75, 3.05) is 20.1 Å². The number of hydrogen-bond donors (Lipinski definition) is 2. The highest BCUT2D eigenvalue weighted by Crippen LogP contribution is 2.10. The predicted octanol–water partition coefficient (Wildman–Crippen LogP) is 1.44. The molecule has 0 saturated heterocycles. The smallest absolute Gasteiger partial charge is 0.251 e. The van der Waals surface area contributed by atoms with E-state index in [1.165, 1.54) is 31.3 Å². The Bertz CT molecular complexity index is 602. The van der Waals surface area contributed by atoms with Crippen LogP contribution in [0.2, 0.25) is 0 Å². The first-order valence-electron chi connectivity index (χ1n) is 7.76. The minimum absolute atomic E-state index is 0.141. The topological polar surface area (TPSA) is 78.5 Å². The molecule has 0 bridgehead atoms. The zero-order valence-electron chi connectivity index (χ0n) is 14.5. The van der Waals surface area contributed by atoms with Crippen molar-refractivity contribution in [3.63, 3.8) is 0 Å². The van der Waals surface area contributed by atoms with E-state index in [1.54, 1.807) is 0 Å². The van der Waals surface area contributed by atoms with E-state index in [1.807, 2.05) is 0 Å². The lowest BCUT2D eigenvalue weighted by Gasteiger charge is -2.30. The van der Waals surface area contributed by atoms with Crippen LogP contribution in [-0.4, -0.2) is 51.4 Å². The Balaban J connectivity index is 2.62. The van der Waals surface area contributed by atoms with Crippen LogP contribution in [0.1, 0.15) is 38.1 Å². The molecule has 0 heterocycles. The number of rotatable bonds is 8. The average Bonchev–Trinajstić information content (AvgIpc) is 2.50. The SMILES string of the molecule is CNS(=O)(=O)c1ccc(C(=O)NCCN(C(C)C)C(C)C)cc1. The summed E-state index contributed by atoms with van der Waals surface area (Å²) in [5, 5.41) is 2.87. The third-order valence-corrected chi connectivity index (χ3v) is 5.11. The summed E-state index contributed by atoms with van der Waals surface area (Å²) in [6.07, 6.45) is 0. The number of carbonyl (C=O) groups excluding carboxylic acids is 1. The van der Waals surface area contributed by atoms with Crippen LogP contribution in [0.15, 0.2) is 29.2 Å². The van der Waals surface area contributed by atoms with Crippen molar-refractivity contribution in [2.24, 2.45) is 0 Å². The van der Waals surface area contributed by atoms with Gasteiger partial charge < -0.3 is 5.32 Å². The van der Waals surface area contributed by atoms with Crippen LogP contribution in [0.5, 0.6) is 0 Å². The molecule has 2 N–H and O–H groups in total. The molecule has 1 aromatic rings. The summed E-state index contributed by atoms with van der Waals surface area (Å²) >= 11 is 0. The first kappa shape index (κ1) is 19.6. The summed E-state index contributed by atoms with van der Waals surface area (Å²) in [6, 6.07) is 6.71. The standard InChI is InChI=1S/C16H27N3O3S/c1-12(2)19(13(3)4)11-10-18-16(20)14-6-8-15(9-7-14)23(21,22)17-5/h6-9,12-13,17H,10-11H2,1-5H3,(H,18,20). The van der Waals surface area contributed by atoms with Crippen LogP contribution in [0.25, 0.3) is 0 Å². The Morgan fingerprint density at radius 2 is 1.61 bits per heavy atom. The van der Waals surface area contributed by atoms with Crippen LogP contribution < -0.4 is 10.0 Å². The van der Waals surface area contributed by atoms with Gasteiger partial charge in [-0.25, -0.2) is 13.1 Å². The van der Waals surface area contributed by atoms with Crippen molar-refractivity contribution in [1.82, 2.24) is 14.9 Å². The maximum atomic E-state index is 12.1. The molecule has 0 aliphatic rings. The van der Waals surface area contributed by atoms with Crippen molar-refractivity contribution >= 4 is 15.9 Å². The molecule has 1 amide bonds. The molecule has 0 spiro atoms. The van der Waals surface area contributed by atoms with E-state index in [-0.39, 0.29) is 10.8 Å². The summed E-state index contributed by atoms with van der Waals surface area (Å²) in [5.41, 5.74) is 0.445. The summed E-state index contributed by atoms with van der Waals surface area (Å²) in [6.45, 7) is 9.83. The highest BCUT2D eigenvalue weighted by molar-refractivity contribution is 7.89. The molecular formula is C16H27N3O3S. The van der Waals surface area contributed by atoms with Crippen LogP contribution >= 0.6 is 0 Å². The number of carbonyl (C=O) groups is 1. The molecule has 0 atom stereocenters. The lowest BCUT2D eigenvalue weighted by molar-refractivity contribution is 0.0939. The zero-order chi connectivity index (χ0) is 17.6.